The fourth-order valence-electron chi connectivity index (χ4n) is 1.55. The third-order valence-electron chi connectivity index (χ3n) is 2.33. The van der Waals surface area contributed by atoms with E-state index in [9.17, 15) is 13.2 Å². The Morgan fingerprint density at radius 2 is 2.25 bits per heavy atom. The lowest BCUT2D eigenvalue weighted by molar-refractivity contribution is 0.532. The Bertz CT molecular complexity index is 542. The van der Waals surface area contributed by atoms with Crippen LogP contribution in [0.25, 0.3) is 0 Å². The van der Waals surface area contributed by atoms with Crippen molar-refractivity contribution in [3.05, 3.63) is 21.6 Å². The Morgan fingerprint density at radius 3 is 2.88 bits per heavy atom. The van der Waals surface area contributed by atoms with Crippen LogP contribution >= 0.6 is 11.6 Å². The maximum absolute atomic E-state index is 11.3. The lowest BCUT2D eigenvalue weighted by atomic mass is 10.2. The molecule has 6 nitrogen and oxygen atoms in total. The Labute approximate surface area is 96.9 Å². The number of hydrogen-bond donors (Lipinski definition) is 2. The molecule has 0 spiro atoms. The minimum atomic E-state index is -2.82. The molecule has 2 N–H and O–H groups in total. The second-order valence-electron chi connectivity index (χ2n) is 3.76. The molecule has 0 unspecified atom stereocenters. The summed E-state index contributed by atoms with van der Waals surface area (Å²) in [5.74, 6) is 0.421. The van der Waals surface area contributed by atoms with Gasteiger partial charge in [0.15, 0.2) is 15.0 Å². The highest BCUT2D eigenvalue weighted by molar-refractivity contribution is 7.92. The number of aromatic amines is 1. The summed E-state index contributed by atoms with van der Waals surface area (Å²) in [5, 5.41) is 8.79. The highest BCUT2D eigenvalue weighted by atomic mass is 35.5. The van der Waals surface area contributed by atoms with E-state index in [1.807, 2.05) is 0 Å². The third-order valence-corrected chi connectivity index (χ3v) is 4.48. The number of anilines is 1. The van der Waals surface area contributed by atoms with E-state index < -0.39 is 9.84 Å². The molecule has 1 aromatic heterocycles. The first-order valence-electron chi connectivity index (χ1n) is 4.66. The quantitative estimate of drug-likeness (QED) is 0.793. The summed E-state index contributed by atoms with van der Waals surface area (Å²) in [6.45, 7) is 0.447. The van der Waals surface area contributed by atoms with Crippen LogP contribution in [-0.4, -0.2) is 36.7 Å². The molecule has 1 saturated heterocycles. The van der Waals surface area contributed by atoms with E-state index in [1.54, 1.807) is 0 Å². The molecule has 0 bridgehead atoms. The molecule has 8 heteroatoms. The predicted octanol–water partition coefficient (Wildman–Crippen LogP) is -0.120. The highest BCUT2D eigenvalue weighted by Crippen LogP contribution is 2.18. The van der Waals surface area contributed by atoms with Crippen LogP contribution in [0.2, 0.25) is 5.15 Å². The molecule has 1 aliphatic rings. The zero-order valence-corrected chi connectivity index (χ0v) is 9.81. The third kappa shape index (κ3) is 2.53. The fourth-order valence-corrected chi connectivity index (χ4v) is 3.28. The summed E-state index contributed by atoms with van der Waals surface area (Å²) in [6.07, 6.45) is 0. The van der Waals surface area contributed by atoms with Crippen molar-refractivity contribution in [3.8, 4) is 0 Å². The van der Waals surface area contributed by atoms with Gasteiger partial charge in [-0.3, -0.25) is 4.79 Å². The molecule has 0 aliphatic carbocycles. The minimum absolute atomic E-state index is 0.0661. The lowest BCUT2D eigenvalue weighted by Crippen LogP contribution is -2.40. The molecule has 0 saturated carbocycles. The van der Waals surface area contributed by atoms with E-state index in [2.05, 4.69) is 15.5 Å². The molecule has 1 aromatic rings. The molecule has 2 heterocycles. The van der Waals surface area contributed by atoms with Crippen LogP contribution in [0.5, 0.6) is 0 Å². The van der Waals surface area contributed by atoms with Crippen LogP contribution in [0, 0.1) is 5.92 Å². The van der Waals surface area contributed by atoms with E-state index >= 15 is 0 Å². The van der Waals surface area contributed by atoms with Crippen LogP contribution in [-0.2, 0) is 9.84 Å². The summed E-state index contributed by atoms with van der Waals surface area (Å²) >= 11 is 5.61. The van der Waals surface area contributed by atoms with Crippen LogP contribution in [0.4, 0.5) is 5.69 Å². The van der Waals surface area contributed by atoms with E-state index in [0.29, 0.717) is 12.2 Å². The molecule has 0 radical (unpaired) electrons. The lowest BCUT2D eigenvalue weighted by Gasteiger charge is -2.25. The fraction of sp³-hybridized carbons (Fsp3) is 0.500. The normalized spacial score (nSPS) is 19.1. The highest BCUT2D eigenvalue weighted by Gasteiger charge is 2.32. The zero-order valence-electron chi connectivity index (χ0n) is 8.23. The molecular weight excluding hydrogens is 254 g/mol. The van der Waals surface area contributed by atoms with Gasteiger partial charge in [-0.05, 0) is 0 Å². The van der Waals surface area contributed by atoms with Gasteiger partial charge in [-0.1, -0.05) is 11.6 Å². The van der Waals surface area contributed by atoms with Gasteiger partial charge in [0.2, 0.25) is 0 Å². The van der Waals surface area contributed by atoms with E-state index in [-0.39, 0.29) is 28.1 Å². The number of aromatic nitrogens is 2. The SMILES string of the molecule is O=c1[nH]nc(Cl)cc1NCC1CS(=O)(=O)C1. The molecule has 0 atom stereocenters. The molecule has 88 valence electrons. The zero-order chi connectivity index (χ0) is 11.8. The second kappa shape index (κ2) is 4.06. The number of rotatable bonds is 3. The first-order chi connectivity index (χ1) is 7.46. The number of nitrogens with one attached hydrogen (secondary N) is 2. The van der Waals surface area contributed by atoms with Gasteiger partial charge >= 0.3 is 0 Å². The molecule has 1 fully saturated rings. The van der Waals surface area contributed by atoms with Gasteiger partial charge in [0, 0.05) is 18.5 Å². The molecular formula is C8H10ClN3O3S. The summed E-state index contributed by atoms with van der Waals surface area (Å²) < 4.78 is 21.8. The van der Waals surface area contributed by atoms with Crippen molar-refractivity contribution in [2.45, 2.75) is 0 Å². The van der Waals surface area contributed by atoms with E-state index in [0.717, 1.165) is 0 Å². The van der Waals surface area contributed by atoms with Gasteiger partial charge in [0.05, 0.1) is 11.5 Å². The number of sulfone groups is 1. The average Bonchev–Trinajstić information content (AvgIpc) is 2.16. The van der Waals surface area contributed by atoms with Crippen molar-refractivity contribution in [3.63, 3.8) is 0 Å². The van der Waals surface area contributed by atoms with E-state index in [4.69, 9.17) is 11.6 Å². The largest absolute Gasteiger partial charge is 0.380 e. The van der Waals surface area contributed by atoms with Crippen LogP contribution in [0.3, 0.4) is 0 Å². The maximum atomic E-state index is 11.3. The number of hydrogen-bond acceptors (Lipinski definition) is 5. The Hall–Kier alpha value is -1.08. The topological polar surface area (TPSA) is 91.9 Å². The summed E-state index contributed by atoms with van der Waals surface area (Å²) in [6, 6.07) is 1.41. The minimum Gasteiger partial charge on any atom is -0.380 e. The van der Waals surface area contributed by atoms with Gasteiger partial charge in [-0.15, -0.1) is 0 Å². The van der Waals surface area contributed by atoms with Crippen LogP contribution in [0.15, 0.2) is 10.9 Å². The van der Waals surface area contributed by atoms with E-state index in [1.165, 1.54) is 6.07 Å². The van der Waals surface area contributed by atoms with Gasteiger partial charge in [0.1, 0.15) is 5.69 Å². The molecule has 16 heavy (non-hydrogen) atoms. The van der Waals surface area contributed by atoms with Crippen molar-refractivity contribution in [1.29, 1.82) is 0 Å². The first-order valence-corrected chi connectivity index (χ1v) is 6.86. The Kier molecular flexibility index (Phi) is 2.90. The Balaban J connectivity index is 1.96. The molecule has 0 aromatic carbocycles. The van der Waals surface area contributed by atoms with Crippen molar-refractivity contribution >= 4 is 27.1 Å². The second-order valence-corrected chi connectivity index (χ2v) is 6.30. The average molecular weight is 264 g/mol. The standard InChI is InChI=1S/C8H10ClN3O3S/c9-7-1-6(8(13)12-11-7)10-2-5-3-16(14,15)4-5/h1,5H,2-4H2,(H,10,11)(H,12,13). The van der Waals surface area contributed by atoms with Gasteiger partial charge in [0.25, 0.3) is 5.56 Å². The molecule has 2 rings (SSSR count). The number of halogens is 1. The monoisotopic (exact) mass is 263 g/mol. The number of nitrogens with zero attached hydrogens (tertiary/aromatic N) is 1. The van der Waals surface area contributed by atoms with Crippen LogP contribution < -0.4 is 10.9 Å². The Morgan fingerprint density at radius 1 is 1.56 bits per heavy atom. The summed E-state index contributed by atoms with van der Waals surface area (Å²) in [7, 11) is -2.82. The molecule has 0 amide bonds. The molecule has 1 aliphatic heterocycles. The smallest absolute Gasteiger partial charge is 0.287 e. The summed E-state index contributed by atoms with van der Waals surface area (Å²) in [5.41, 5.74) is -0.0594. The van der Waals surface area contributed by atoms with Gasteiger partial charge < -0.3 is 5.32 Å². The van der Waals surface area contributed by atoms with Crippen molar-refractivity contribution in [1.82, 2.24) is 10.2 Å². The van der Waals surface area contributed by atoms with Gasteiger partial charge in [-0.25, -0.2) is 13.5 Å². The van der Waals surface area contributed by atoms with Crippen LogP contribution in [0.1, 0.15) is 0 Å². The summed E-state index contributed by atoms with van der Waals surface area (Å²) in [4.78, 5) is 11.3. The van der Waals surface area contributed by atoms with Gasteiger partial charge in [-0.2, -0.15) is 5.10 Å². The van der Waals surface area contributed by atoms with Crippen molar-refractivity contribution < 1.29 is 8.42 Å². The van der Waals surface area contributed by atoms with Crippen molar-refractivity contribution in [2.24, 2.45) is 5.92 Å². The first kappa shape index (κ1) is 11.4. The predicted molar refractivity (Wildman–Crippen MR) is 60.5 cm³/mol. The maximum Gasteiger partial charge on any atom is 0.287 e. The number of H-pyrrole nitrogens is 1. The van der Waals surface area contributed by atoms with Crippen molar-refractivity contribution in [2.75, 3.05) is 23.4 Å².